The van der Waals surface area contributed by atoms with Gasteiger partial charge in [-0.05, 0) is 42.9 Å². The fourth-order valence-corrected chi connectivity index (χ4v) is 4.07. The molecular formula is C16H20BrClN2. The molecule has 108 valence electrons. The van der Waals surface area contributed by atoms with Crippen molar-refractivity contribution in [2.24, 2.45) is 5.41 Å². The monoisotopic (exact) mass is 354 g/mol. The van der Waals surface area contributed by atoms with E-state index in [4.69, 9.17) is 16.6 Å². The Bertz CT molecular complexity index is 614. The number of rotatable bonds is 4. The summed E-state index contributed by atoms with van der Waals surface area (Å²) >= 11 is 9.64. The molecule has 0 spiro atoms. The van der Waals surface area contributed by atoms with Crippen molar-refractivity contribution >= 4 is 38.6 Å². The summed E-state index contributed by atoms with van der Waals surface area (Å²) in [6.07, 6.45) is 6.64. The van der Waals surface area contributed by atoms with E-state index in [9.17, 15) is 0 Å². The zero-order valence-electron chi connectivity index (χ0n) is 11.8. The molecule has 0 aliphatic heterocycles. The van der Waals surface area contributed by atoms with E-state index < -0.39 is 0 Å². The third-order valence-corrected chi connectivity index (χ3v) is 5.55. The van der Waals surface area contributed by atoms with Gasteiger partial charge in [0.15, 0.2) is 0 Å². The van der Waals surface area contributed by atoms with Crippen LogP contribution in [-0.4, -0.2) is 9.55 Å². The van der Waals surface area contributed by atoms with E-state index in [1.807, 2.05) is 0 Å². The van der Waals surface area contributed by atoms with Crippen LogP contribution in [-0.2, 0) is 12.4 Å². The van der Waals surface area contributed by atoms with Gasteiger partial charge in [-0.2, -0.15) is 0 Å². The molecule has 0 saturated heterocycles. The van der Waals surface area contributed by atoms with Gasteiger partial charge in [-0.25, -0.2) is 4.98 Å². The topological polar surface area (TPSA) is 17.8 Å². The predicted molar refractivity (Wildman–Crippen MR) is 88.2 cm³/mol. The van der Waals surface area contributed by atoms with Gasteiger partial charge in [0, 0.05) is 11.0 Å². The van der Waals surface area contributed by atoms with Crippen LogP contribution in [0.5, 0.6) is 0 Å². The SMILES string of the molecule is CCC1(Cn2c(CCl)nc3cc(Br)ccc32)CCCC1. The van der Waals surface area contributed by atoms with E-state index >= 15 is 0 Å². The lowest BCUT2D eigenvalue weighted by atomic mass is 9.83. The molecule has 3 rings (SSSR count). The van der Waals surface area contributed by atoms with Gasteiger partial charge in [-0.3, -0.25) is 0 Å². The average Bonchev–Trinajstić information content (AvgIpc) is 3.04. The van der Waals surface area contributed by atoms with Crippen molar-refractivity contribution in [3.05, 3.63) is 28.5 Å². The number of nitrogens with zero attached hydrogens (tertiary/aromatic N) is 2. The Morgan fingerprint density at radius 3 is 2.75 bits per heavy atom. The molecule has 2 nitrogen and oxygen atoms in total. The van der Waals surface area contributed by atoms with E-state index in [1.54, 1.807) is 0 Å². The molecule has 4 heteroatoms. The standard InChI is InChI=1S/C16H20BrClN2/c1-2-16(7-3-4-8-16)11-20-14-6-5-12(17)9-13(14)19-15(20)10-18/h5-6,9H,2-4,7-8,10-11H2,1H3. The van der Waals surface area contributed by atoms with Gasteiger partial charge in [0.1, 0.15) is 5.82 Å². The highest BCUT2D eigenvalue weighted by atomic mass is 79.9. The van der Waals surface area contributed by atoms with Crippen molar-refractivity contribution in [3.8, 4) is 0 Å². The summed E-state index contributed by atoms with van der Waals surface area (Å²) in [4.78, 5) is 4.70. The molecule has 2 aromatic rings. The first-order valence-corrected chi connectivity index (χ1v) is 8.71. The first kappa shape index (κ1) is 14.4. The van der Waals surface area contributed by atoms with Crippen LogP contribution in [0.1, 0.15) is 44.9 Å². The highest BCUT2D eigenvalue weighted by molar-refractivity contribution is 9.10. The van der Waals surface area contributed by atoms with Crippen LogP contribution in [0.15, 0.2) is 22.7 Å². The molecule has 0 N–H and O–H groups in total. The highest BCUT2D eigenvalue weighted by Gasteiger charge is 2.33. The maximum absolute atomic E-state index is 6.12. The Labute approximate surface area is 133 Å². The van der Waals surface area contributed by atoms with Gasteiger partial charge >= 0.3 is 0 Å². The van der Waals surface area contributed by atoms with Crippen molar-refractivity contribution in [1.82, 2.24) is 9.55 Å². The Balaban J connectivity index is 2.05. The van der Waals surface area contributed by atoms with Crippen LogP contribution in [0.2, 0.25) is 0 Å². The molecule has 1 heterocycles. The normalized spacial score (nSPS) is 17.9. The van der Waals surface area contributed by atoms with Gasteiger partial charge in [-0.1, -0.05) is 35.7 Å². The Morgan fingerprint density at radius 1 is 1.35 bits per heavy atom. The third-order valence-electron chi connectivity index (χ3n) is 4.82. The second-order valence-corrected chi connectivity index (χ2v) is 7.12. The Kier molecular flexibility index (Phi) is 4.09. The maximum Gasteiger partial charge on any atom is 0.124 e. The first-order valence-electron chi connectivity index (χ1n) is 7.38. The number of alkyl halides is 1. The minimum absolute atomic E-state index is 0.446. The van der Waals surface area contributed by atoms with Crippen molar-refractivity contribution in [2.75, 3.05) is 0 Å². The van der Waals surface area contributed by atoms with Crippen molar-refractivity contribution in [1.29, 1.82) is 0 Å². The lowest BCUT2D eigenvalue weighted by Gasteiger charge is -2.29. The van der Waals surface area contributed by atoms with Gasteiger partial charge in [0.2, 0.25) is 0 Å². The number of hydrogen-bond acceptors (Lipinski definition) is 1. The van der Waals surface area contributed by atoms with Crippen LogP contribution in [0.3, 0.4) is 0 Å². The number of fused-ring (bicyclic) bond motifs is 1. The molecule has 0 unspecified atom stereocenters. The quantitative estimate of drug-likeness (QED) is 0.661. The second-order valence-electron chi connectivity index (χ2n) is 5.94. The van der Waals surface area contributed by atoms with Crippen LogP contribution >= 0.6 is 27.5 Å². The zero-order chi connectivity index (χ0) is 14.2. The number of aromatic nitrogens is 2. The van der Waals surface area contributed by atoms with Crippen LogP contribution in [0.4, 0.5) is 0 Å². The third kappa shape index (κ3) is 2.50. The average molecular weight is 356 g/mol. The molecule has 0 bridgehead atoms. The predicted octanol–water partition coefficient (Wildman–Crippen LogP) is 5.51. The van der Waals surface area contributed by atoms with Gasteiger partial charge < -0.3 is 4.57 Å². The van der Waals surface area contributed by atoms with E-state index in [1.165, 1.54) is 37.6 Å². The highest BCUT2D eigenvalue weighted by Crippen LogP contribution is 2.43. The second kappa shape index (κ2) is 5.69. The summed E-state index contributed by atoms with van der Waals surface area (Å²) in [6.45, 7) is 3.38. The van der Waals surface area contributed by atoms with Crippen molar-refractivity contribution in [3.63, 3.8) is 0 Å². The van der Waals surface area contributed by atoms with Crippen LogP contribution < -0.4 is 0 Å². The van der Waals surface area contributed by atoms with E-state index in [-0.39, 0.29) is 0 Å². The molecule has 1 aliphatic rings. The molecule has 1 aliphatic carbocycles. The molecule has 0 amide bonds. The van der Waals surface area contributed by atoms with Crippen molar-refractivity contribution in [2.45, 2.75) is 51.5 Å². The molecule has 0 atom stereocenters. The van der Waals surface area contributed by atoms with Crippen LogP contribution in [0, 0.1) is 5.41 Å². The molecule has 20 heavy (non-hydrogen) atoms. The summed E-state index contributed by atoms with van der Waals surface area (Å²) in [5, 5.41) is 0. The maximum atomic E-state index is 6.12. The molecule has 1 aromatic carbocycles. The fourth-order valence-electron chi connectivity index (χ4n) is 3.52. The smallest absolute Gasteiger partial charge is 0.124 e. The number of imidazole rings is 1. The molecular weight excluding hydrogens is 336 g/mol. The molecule has 1 aromatic heterocycles. The van der Waals surface area contributed by atoms with Gasteiger partial charge in [0.25, 0.3) is 0 Å². The molecule has 0 radical (unpaired) electrons. The Morgan fingerprint density at radius 2 is 2.10 bits per heavy atom. The summed E-state index contributed by atoms with van der Waals surface area (Å²) in [5.74, 6) is 1.48. The number of halogens is 2. The van der Waals surface area contributed by atoms with Gasteiger partial charge in [0.05, 0.1) is 16.9 Å². The van der Waals surface area contributed by atoms with E-state index in [2.05, 4.69) is 45.6 Å². The van der Waals surface area contributed by atoms with Crippen molar-refractivity contribution < 1.29 is 0 Å². The summed E-state index contributed by atoms with van der Waals surface area (Å²) in [6, 6.07) is 6.32. The summed E-state index contributed by atoms with van der Waals surface area (Å²) in [7, 11) is 0. The lowest BCUT2D eigenvalue weighted by Crippen LogP contribution is -2.23. The number of benzene rings is 1. The Hall–Kier alpha value is -0.540. The first-order chi connectivity index (χ1) is 9.67. The largest absolute Gasteiger partial charge is 0.326 e. The van der Waals surface area contributed by atoms with Crippen LogP contribution in [0.25, 0.3) is 11.0 Å². The summed E-state index contributed by atoms with van der Waals surface area (Å²) < 4.78 is 3.42. The minimum Gasteiger partial charge on any atom is -0.326 e. The lowest BCUT2D eigenvalue weighted by molar-refractivity contribution is 0.238. The zero-order valence-corrected chi connectivity index (χ0v) is 14.2. The number of hydrogen-bond donors (Lipinski definition) is 0. The molecule has 1 fully saturated rings. The molecule has 1 saturated carbocycles. The van der Waals surface area contributed by atoms with E-state index in [0.717, 1.165) is 22.4 Å². The minimum atomic E-state index is 0.446. The fraction of sp³-hybridized carbons (Fsp3) is 0.562. The van der Waals surface area contributed by atoms with E-state index in [0.29, 0.717) is 11.3 Å². The van der Waals surface area contributed by atoms with Gasteiger partial charge in [-0.15, -0.1) is 11.6 Å². The summed E-state index contributed by atoms with van der Waals surface area (Å²) in [5.41, 5.74) is 2.70.